The van der Waals surface area contributed by atoms with Crippen molar-refractivity contribution >= 4 is 31.9 Å². The fourth-order valence-electron chi connectivity index (χ4n) is 1.44. The van der Waals surface area contributed by atoms with Gasteiger partial charge in [-0.1, -0.05) is 29.8 Å². The van der Waals surface area contributed by atoms with E-state index in [-0.39, 0.29) is 5.56 Å². The van der Waals surface area contributed by atoms with Gasteiger partial charge in [0, 0.05) is 18.1 Å². The van der Waals surface area contributed by atoms with Crippen LogP contribution in [0.4, 0.5) is 0 Å². The van der Waals surface area contributed by atoms with Crippen molar-refractivity contribution in [1.29, 1.82) is 0 Å². The average molecular weight is 352 g/mol. The Morgan fingerprint density at radius 3 is 2.62 bits per heavy atom. The summed E-state index contributed by atoms with van der Waals surface area (Å²) in [5, 5.41) is 0.892. The Morgan fingerprint density at radius 2 is 2.12 bits per heavy atom. The van der Waals surface area contributed by atoms with Crippen molar-refractivity contribution in [2.75, 3.05) is 5.33 Å². The molecule has 0 saturated heterocycles. The molecule has 1 unspecified atom stereocenters. The molecule has 90 valence electrons. The summed E-state index contributed by atoms with van der Waals surface area (Å²) in [6, 6.07) is 0. The zero-order chi connectivity index (χ0) is 12.3. The van der Waals surface area contributed by atoms with E-state index in [0.29, 0.717) is 22.9 Å². The summed E-state index contributed by atoms with van der Waals surface area (Å²) in [5.74, 6) is 1.73. The lowest BCUT2D eigenvalue weighted by atomic mass is 9.98. The molecule has 1 aromatic heterocycles. The number of rotatable bonds is 4. The van der Waals surface area contributed by atoms with Crippen LogP contribution in [0, 0.1) is 18.8 Å². The monoisotopic (exact) mass is 350 g/mol. The lowest BCUT2D eigenvalue weighted by molar-refractivity contribution is 0.362. The summed E-state index contributed by atoms with van der Waals surface area (Å²) in [6.45, 7) is 6.90. The largest absolute Gasteiger partial charge is 0.296 e. The third kappa shape index (κ3) is 3.17. The SMILES string of the molecule is Cc1ncc(Br)c(=O)n1CC(CBr)C(C)C. The minimum absolute atomic E-state index is 0.000833. The first-order valence-electron chi connectivity index (χ1n) is 5.25. The predicted molar refractivity (Wildman–Crippen MR) is 73.1 cm³/mol. The second-order valence-corrected chi connectivity index (χ2v) is 5.73. The van der Waals surface area contributed by atoms with Gasteiger partial charge in [-0.2, -0.15) is 0 Å². The van der Waals surface area contributed by atoms with Crippen LogP contribution >= 0.6 is 31.9 Å². The first-order chi connectivity index (χ1) is 7.47. The molecule has 0 amide bonds. The summed E-state index contributed by atoms with van der Waals surface area (Å²) in [4.78, 5) is 16.1. The van der Waals surface area contributed by atoms with E-state index in [4.69, 9.17) is 0 Å². The third-order valence-electron chi connectivity index (χ3n) is 2.76. The molecule has 0 aliphatic rings. The van der Waals surface area contributed by atoms with E-state index in [1.807, 2.05) is 6.92 Å². The Balaban J connectivity index is 3.05. The van der Waals surface area contributed by atoms with E-state index in [2.05, 4.69) is 50.7 Å². The third-order valence-corrected chi connectivity index (χ3v) is 4.14. The number of nitrogens with zero attached hydrogens (tertiary/aromatic N) is 2. The summed E-state index contributed by atoms with van der Waals surface area (Å²) in [5.41, 5.74) is -0.000833. The Labute approximate surface area is 113 Å². The molecule has 0 aliphatic heterocycles. The summed E-state index contributed by atoms with van der Waals surface area (Å²) < 4.78 is 2.26. The zero-order valence-electron chi connectivity index (χ0n) is 9.70. The number of hydrogen-bond acceptors (Lipinski definition) is 2. The van der Waals surface area contributed by atoms with Gasteiger partial charge in [0.25, 0.3) is 5.56 Å². The van der Waals surface area contributed by atoms with Crippen LogP contribution in [-0.4, -0.2) is 14.9 Å². The quantitative estimate of drug-likeness (QED) is 0.781. The van der Waals surface area contributed by atoms with Crippen LogP contribution in [0.2, 0.25) is 0 Å². The van der Waals surface area contributed by atoms with Crippen LogP contribution in [0.1, 0.15) is 19.7 Å². The van der Waals surface area contributed by atoms with Crippen LogP contribution < -0.4 is 5.56 Å². The lowest BCUT2D eigenvalue weighted by Crippen LogP contribution is -2.29. The maximum atomic E-state index is 11.9. The highest BCUT2D eigenvalue weighted by molar-refractivity contribution is 9.10. The summed E-state index contributed by atoms with van der Waals surface area (Å²) >= 11 is 6.72. The number of alkyl halides is 1. The van der Waals surface area contributed by atoms with Crippen molar-refractivity contribution in [1.82, 2.24) is 9.55 Å². The highest BCUT2D eigenvalue weighted by Gasteiger charge is 2.15. The van der Waals surface area contributed by atoms with Crippen LogP contribution in [0.3, 0.4) is 0 Å². The number of aryl methyl sites for hydroxylation is 1. The van der Waals surface area contributed by atoms with Crippen molar-refractivity contribution in [3.63, 3.8) is 0 Å². The summed E-state index contributed by atoms with van der Waals surface area (Å²) in [7, 11) is 0. The van der Waals surface area contributed by atoms with Crippen molar-refractivity contribution < 1.29 is 0 Å². The van der Waals surface area contributed by atoms with E-state index in [1.165, 1.54) is 0 Å². The first-order valence-corrected chi connectivity index (χ1v) is 7.16. The fourth-order valence-corrected chi connectivity index (χ4v) is 2.71. The predicted octanol–water partition coefficient (Wildman–Crippen LogP) is 2.98. The molecule has 0 aromatic carbocycles. The first kappa shape index (κ1) is 13.9. The molecule has 1 heterocycles. The van der Waals surface area contributed by atoms with Gasteiger partial charge in [0.15, 0.2) is 0 Å². The minimum atomic E-state index is -0.000833. The summed E-state index contributed by atoms with van der Waals surface area (Å²) in [6.07, 6.45) is 1.56. The molecule has 1 rings (SSSR count). The van der Waals surface area contributed by atoms with Crippen LogP contribution in [-0.2, 0) is 6.54 Å². The maximum absolute atomic E-state index is 11.9. The molecule has 1 aromatic rings. The maximum Gasteiger partial charge on any atom is 0.267 e. The van der Waals surface area contributed by atoms with Crippen LogP contribution in [0.15, 0.2) is 15.5 Å². The Kier molecular flexibility index (Phi) is 5.18. The molecule has 0 radical (unpaired) electrons. The minimum Gasteiger partial charge on any atom is -0.296 e. The zero-order valence-corrected chi connectivity index (χ0v) is 12.9. The van der Waals surface area contributed by atoms with Gasteiger partial charge in [-0.25, -0.2) is 4.98 Å². The molecule has 5 heteroatoms. The molecule has 0 saturated carbocycles. The van der Waals surface area contributed by atoms with E-state index in [1.54, 1.807) is 10.8 Å². The normalized spacial score (nSPS) is 13.1. The number of hydrogen-bond donors (Lipinski definition) is 0. The Hall–Kier alpha value is -0.160. The van der Waals surface area contributed by atoms with Crippen LogP contribution in [0.25, 0.3) is 0 Å². The van der Waals surface area contributed by atoms with Gasteiger partial charge >= 0.3 is 0 Å². The van der Waals surface area contributed by atoms with Crippen molar-refractivity contribution in [2.45, 2.75) is 27.3 Å². The van der Waals surface area contributed by atoms with Gasteiger partial charge in [0.2, 0.25) is 0 Å². The number of aromatic nitrogens is 2. The van der Waals surface area contributed by atoms with Crippen molar-refractivity contribution in [2.24, 2.45) is 11.8 Å². The second kappa shape index (κ2) is 5.96. The topological polar surface area (TPSA) is 34.9 Å². The molecule has 3 nitrogen and oxygen atoms in total. The molecular formula is C11H16Br2N2O. The fraction of sp³-hybridized carbons (Fsp3) is 0.636. The Bertz CT molecular complexity index is 415. The Morgan fingerprint density at radius 1 is 1.50 bits per heavy atom. The highest BCUT2D eigenvalue weighted by atomic mass is 79.9. The van der Waals surface area contributed by atoms with Crippen LogP contribution in [0.5, 0.6) is 0 Å². The van der Waals surface area contributed by atoms with E-state index in [0.717, 1.165) is 11.2 Å². The number of halogens is 2. The molecule has 0 spiro atoms. The molecule has 0 bridgehead atoms. The smallest absolute Gasteiger partial charge is 0.267 e. The average Bonchev–Trinajstić information content (AvgIpc) is 2.23. The van der Waals surface area contributed by atoms with Gasteiger partial charge in [-0.05, 0) is 34.7 Å². The van der Waals surface area contributed by atoms with E-state index < -0.39 is 0 Å². The standard InChI is InChI=1S/C11H16Br2N2O/c1-7(2)9(4-12)6-15-8(3)14-5-10(13)11(15)16/h5,7,9H,4,6H2,1-3H3. The highest BCUT2D eigenvalue weighted by Crippen LogP contribution is 2.16. The van der Waals surface area contributed by atoms with Gasteiger partial charge in [-0.3, -0.25) is 9.36 Å². The van der Waals surface area contributed by atoms with E-state index in [9.17, 15) is 4.79 Å². The molecule has 16 heavy (non-hydrogen) atoms. The van der Waals surface area contributed by atoms with E-state index >= 15 is 0 Å². The molecule has 0 aliphatic carbocycles. The molecule has 0 N–H and O–H groups in total. The van der Waals surface area contributed by atoms with Crippen molar-refractivity contribution in [3.05, 3.63) is 26.8 Å². The van der Waals surface area contributed by atoms with Gasteiger partial charge < -0.3 is 0 Å². The van der Waals surface area contributed by atoms with Gasteiger partial charge in [0.1, 0.15) is 10.3 Å². The van der Waals surface area contributed by atoms with Crippen molar-refractivity contribution in [3.8, 4) is 0 Å². The van der Waals surface area contributed by atoms with Gasteiger partial charge in [0.05, 0.1) is 0 Å². The second-order valence-electron chi connectivity index (χ2n) is 4.23. The lowest BCUT2D eigenvalue weighted by Gasteiger charge is -2.20. The molecular weight excluding hydrogens is 336 g/mol. The molecule has 1 atom stereocenters. The van der Waals surface area contributed by atoms with Gasteiger partial charge in [-0.15, -0.1) is 0 Å². The molecule has 0 fully saturated rings.